The number of urea groups is 1. The molecule has 1 aromatic rings. The molecule has 1 aromatic carbocycles. The Bertz CT molecular complexity index is 430. The quantitative estimate of drug-likeness (QED) is 0.756. The van der Waals surface area contributed by atoms with Crippen molar-refractivity contribution in [1.82, 2.24) is 10.6 Å². The number of hydrogen-bond acceptors (Lipinski definition) is 2. The molecular weight excluding hydrogens is 276 g/mol. The predicted octanol–water partition coefficient (Wildman–Crippen LogP) is 2.89. The van der Waals surface area contributed by atoms with E-state index in [0.29, 0.717) is 23.0 Å². The standard InChI is InChI=1S/C15H23ClN2O2/c1-11(2)8-9-17-14(19)18-10-15(3,20)12-4-6-13(16)7-5-12/h4-7,11,20H,8-10H2,1-3H3,(H2,17,18,19). The summed E-state index contributed by atoms with van der Waals surface area (Å²) >= 11 is 5.81. The SMILES string of the molecule is CC(C)CCNC(=O)NCC(C)(O)c1ccc(Cl)cc1. The van der Waals surface area contributed by atoms with Gasteiger partial charge < -0.3 is 15.7 Å². The predicted molar refractivity (Wildman–Crippen MR) is 81.9 cm³/mol. The number of rotatable bonds is 6. The molecule has 0 radical (unpaired) electrons. The normalized spacial score (nSPS) is 13.9. The van der Waals surface area contributed by atoms with Crippen LogP contribution < -0.4 is 10.6 Å². The molecule has 112 valence electrons. The van der Waals surface area contributed by atoms with Crippen LogP contribution in [0.15, 0.2) is 24.3 Å². The Labute approximate surface area is 125 Å². The monoisotopic (exact) mass is 298 g/mol. The average Bonchev–Trinajstić information content (AvgIpc) is 2.36. The molecule has 0 saturated heterocycles. The van der Waals surface area contributed by atoms with Crippen molar-refractivity contribution in [3.05, 3.63) is 34.9 Å². The first-order valence-electron chi connectivity index (χ1n) is 6.81. The summed E-state index contributed by atoms with van der Waals surface area (Å²) in [5, 5.41) is 16.4. The van der Waals surface area contributed by atoms with E-state index in [4.69, 9.17) is 11.6 Å². The zero-order valence-electron chi connectivity index (χ0n) is 12.2. The van der Waals surface area contributed by atoms with E-state index in [-0.39, 0.29) is 12.6 Å². The van der Waals surface area contributed by atoms with Crippen molar-refractivity contribution in [2.45, 2.75) is 32.8 Å². The zero-order valence-corrected chi connectivity index (χ0v) is 13.0. The maximum atomic E-state index is 11.6. The molecule has 0 aromatic heterocycles. The van der Waals surface area contributed by atoms with Gasteiger partial charge in [0, 0.05) is 11.6 Å². The van der Waals surface area contributed by atoms with Crippen LogP contribution >= 0.6 is 11.6 Å². The molecule has 1 atom stereocenters. The van der Waals surface area contributed by atoms with Crippen molar-refractivity contribution in [2.75, 3.05) is 13.1 Å². The van der Waals surface area contributed by atoms with E-state index in [1.807, 2.05) is 0 Å². The summed E-state index contributed by atoms with van der Waals surface area (Å²) in [5.41, 5.74) is -0.413. The van der Waals surface area contributed by atoms with E-state index < -0.39 is 5.60 Å². The van der Waals surface area contributed by atoms with Gasteiger partial charge in [0.1, 0.15) is 5.60 Å². The number of carbonyl (C=O) groups excluding carboxylic acids is 1. The van der Waals surface area contributed by atoms with Gasteiger partial charge in [-0.1, -0.05) is 37.6 Å². The van der Waals surface area contributed by atoms with Crippen molar-refractivity contribution in [3.8, 4) is 0 Å². The number of hydrogen-bond donors (Lipinski definition) is 3. The lowest BCUT2D eigenvalue weighted by molar-refractivity contribution is 0.0594. The first-order valence-corrected chi connectivity index (χ1v) is 7.19. The average molecular weight is 299 g/mol. The summed E-state index contributed by atoms with van der Waals surface area (Å²) in [7, 11) is 0. The molecule has 2 amide bonds. The van der Waals surface area contributed by atoms with Gasteiger partial charge in [-0.05, 0) is 37.0 Å². The van der Waals surface area contributed by atoms with Crippen molar-refractivity contribution < 1.29 is 9.90 Å². The molecule has 3 N–H and O–H groups in total. The third-order valence-corrected chi connectivity index (χ3v) is 3.32. The van der Waals surface area contributed by atoms with Crippen LogP contribution in [-0.4, -0.2) is 24.2 Å². The van der Waals surface area contributed by atoms with Crippen LogP contribution in [0.25, 0.3) is 0 Å². The maximum Gasteiger partial charge on any atom is 0.314 e. The first-order chi connectivity index (χ1) is 9.31. The molecule has 20 heavy (non-hydrogen) atoms. The molecule has 0 heterocycles. The summed E-state index contributed by atoms with van der Waals surface area (Å²) in [6.07, 6.45) is 0.932. The van der Waals surface area contributed by atoms with Gasteiger partial charge in [-0.3, -0.25) is 0 Å². The minimum atomic E-state index is -1.13. The topological polar surface area (TPSA) is 61.4 Å². The molecule has 0 fully saturated rings. The van der Waals surface area contributed by atoms with E-state index in [1.165, 1.54) is 0 Å². The van der Waals surface area contributed by atoms with Crippen LogP contribution in [0.1, 0.15) is 32.8 Å². The number of nitrogens with one attached hydrogen (secondary N) is 2. The van der Waals surface area contributed by atoms with E-state index in [1.54, 1.807) is 31.2 Å². The molecule has 0 aliphatic heterocycles. The maximum absolute atomic E-state index is 11.6. The molecule has 0 bridgehead atoms. The summed E-state index contributed by atoms with van der Waals surface area (Å²) in [6.45, 7) is 6.63. The van der Waals surface area contributed by atoms with Gasteiger partial charge in [-0.15, -0.1) is 0 Å². The van der Waals surface area contributed by atoms with Crippen molar-refractivity contribution in [2.24, 2.45) is 5.92 Å². The zero-order chi connectivity index (χ0) is 15.2. The van der Waals surface area contributed by atoms with Crippen LogP contribution in [0.5, 0.6) is 0 Å². The largest absolute Gasteiger partial charge is 0.384 e. The number of aliphatic hydroxyl groups is 1. The molecule has 1 unspecified atom stereocenters. The van der Waals surface area contributed by atoms with Gasteiger partial charge in [0.15, 0.2) is 0 Å². The molecule has 4 nitrogen and oxygen atoms in total. The van der Waals surface area contributed by atoms with E-state index in [9.17, 15) is 9.90 Å². The number of amides is 2. The smallest absolute Gasteiger partial charge is 0.314 e. The Morgan fingerprint density at radius 2 is 1.90 bits per heavy atom. The molecule has 0 aliphatic rings. The highest BCUT2D eigenvalue weighted by atomic mass is 35.5. The lowest BCUT2D eigenvalue weighted by atomic mass is 9.96. The van der Waals surface area contributed by atoms with Crippen molar-refractivity contribution in [3.63, 3.8) is 0 Å². The summed E-state index contributed by atoms with van der Waals surface area (Å²) in [5.74, 6) is 0.549. The Morgan fingerprint density at radius 1 is 1.30 bits per heavy atom. The van der Waals surface area contributed by atoms with E-state index >= 15 is 0 Å². The Balaban J connectivity index is 2.42. The van der Waals surface area contributed by atoms with Crippen molar-refractivity contribution in [1.29, 1.82) is 0 Å². The van der Waals surface area contributed by atoms with Gasteiger partial charge in [0.05, 0.1) is 6.54 Å². The second-order valence-electron chi connectivity index (χ2n) is 5.57. The Kier molecular flexibility index (Phi) is 6.30. The van der Waals surface area contributed by atoms with E-state index in [2.05, 4.69) is 24.5 Å². The molecule has 0 saturated carbocycles. The second-order valence-corrected chi connectivity index (χ2v) is 6.01. The van der Waals surface area contributed by atoms with Gasteiger partial charge in [-0.25, -0.2) is 4.79 Å². The summed E-state index contributed by atoms with van der Waals surface area (Å²) in [4.78, 5) is 11.6. The summed E-state index contributed by atoms with van der Waals surface area (Å²) < 4.78 is 0. The van der Waals surface area contributed by atoms with Crippen LogP contribution in [0.2, 0.25) is 5.02 Å². The second kappa shape index (κ2) is 7.50. The molecule has 0 aliphatic carbocycles. The van der Waals surface area contributed by atoms with Gasteiger partial charge in [0.2, 0.25) is 0 Å². The van der Waals surface area contributed by atoms with Gasteiger partial charge in [-0.2, -0.15) is 0 Å². The summed E-state index contributed by atoms with van der Waals surface area (Å²) in [6, 6.07) is 6.67. The van der Waals surface area contributed by atoms with Crippen LogP contribution in [-0.2, 0) is 5.60 Å². The lowest BCUT2D eigenvalue weighted by Gasteiger charge is -2.24. The molecular formula is C15H23ClN2O2. The molecule has 5 heteroatoms. The third kappa shape index (κ3) is 5.80. The highest BCUT2D eigenvalue weighted by Gasteiger charge is 2.23. The molecule has 1 rings (SSSR count). The van der Waals surface area contributed by atoms with Crippen LogP contribution in [0, 0.1) is 5.92 Å². The van der Waals surface area contributed by atoms with Gasteiger partial charge in [0.25, 0.3) is 0 Å². The minimum Gasteiger partial charge on any atom is -0.384 e. The Hall–Kier alpha value is -1.26. The number of carbonyl (C=O) groups is 1. The fourth-order valence-electron chi connectivity index (χ4n) is 1.70. The van der Waals surface area contributed by atoms with Crippen LogP contribution in [0.3, 0.4) is 0 Å². The fourth-order valence-corrected chi connectivity index (χ4v) is 1.83. The van der Waals surface area contributed by atoms with Crippen LogP contribution in [0.4, 0.5) is 4.79 Å². The third-order valence-electron chi connectivity index (χ3n) is 3.07. The van der Waals surface area contributed by atoms with E-state index in [0.717, 1.165) is 6.42 Å². The Morgan fingerprint density at radius 3 is 2.45 bits per heavy atom. The molecule has 0 spiro atoms. The number of halogens is 1. The van der Waals surface area contributed by atoms with Crippen molar-refractivity contribution >= 4 is 17.6 Å². The fraction of sp³-hybridized carbons (Fsp3) is 0.533. The number of benzene rings is 1. The highest BCUT2D eigenvalue weighted by Crippen LogP contribution is 2.21. The minimum absolute atomic E-state index is 0.141. The highest BCUT2D eigenvalue weighted by molar-refractivity contribution is 6.30. The van der Waals surface area contributed by atoms with Gasteiger partial charge >= 0.3 is 6.03 Å². The lowest BCUT2D eigenvalue weighted by Crippen LogP contribution is -2.43. The first kappa shape index (κ1) is 16.8.